The molecule has 0 spiro atoms. The van der Waals surface area contributed by atoms with Crippen LogP contribution < -0.4 is 4.72 Å². The summed E-state index contributed by atoms with van der Waals surface area (Å²) in [6.45, 7) is 5.88. The maximum atomic E-state index is 12.8. The smallest absolute Gasteiger partial charge is 0.241 e. The van der Waals surface area contributed by atoms with Gasteiger partial charge in [0.1, 0.15) is 11.3 Å². The zero-order valence-corrected chi connectivity index (χ0v) is 16.0. The number of nitrogens with one attached hydrogen (secondary N) is 1. The van der Waals surface area contributed by atoms with Crippen LogP contribution in [0.2, 0.25) is 0 Å². The van der Waals surface area contributed by atoms with Gasteiger partial charge in [0, 0.05) is 12.2 Å². The third kappa shape index (κ3) is 3.01. The van der Waals surface area contributed by atoms with E-state index < -0.39 is 10.0 Å². The van der Waals surface area contributed by atoms with E-state index in [0.29, 0.717) is 16.8 Å². The number of hydrogen-bond acceptors (Lipinski definition) is 4. The second-order valence-electron chi connectivity index (χ2n) is 7.00. The summed E-state index contributed by atoms with van der Waals surface area (Å²) in [6.07, 6.45) is 3.91. The van der Waals surface area contributed by atoms with Gasteiger partial charge in [0.05, 0.1) is 11.4 Å². The van der Waals surface area contributed by atoms with E-state index in [4.69, 9.17) is 0 Å². The molecular weight excluding hydrogens is 348 g/mol. The predicted molar refractivity (Wildman–Crippen MR) is 100 cm³/mol. The van der Waals surface area contributed by atoms with Crippen LogP contribution in [0.3, 0.4) is 0 Å². The Bertz CT molecular complexity index is 1100. The normalized spacial score (nSPS) is 14.9. The average molecular weight is 370 g/mol. The van der Waals surface area contributed by atoms with E-state index in [-0.39, 0.29) is 6.54 Å². The summed E-state index contributed by atoms with van der Waals surface area (Å²) in [7, 11) is -3.61. The Morgan fingerprint density at radius 3 is 2.62 bits per heavy atom. The van der Waals surface area contributed by atoms with Crippen molar-refractivity contribution in [3.8, 4) is 0 Å². The fourth-order valence-electron chi connectivity index (χ4n) is 3.28. The van der Waals surface area contributed by atoms with Crippen LogP contribution in [0.1, 0.15) is 41.4 Å². The Labute approximate surface area is 153 Å². The molecule has 1 saturated carbocycles. The van der Waals surface area contributed by atoms with Gasteiger partial charge in [0.25, 0.3) is 0 Å². The van der Waals surface area contributed by atoms with E-state index >= 15 is 0 Å². The minimum atomic E-state index is -3.61. The first kappa shape index (κ1) is 17.2. The number of hydrogen-bond donors (Lipinski definition) is 1. The van der Waals surface area contributed by atoms with E-state index in [2.05, 4.69) is 19.3 Å². The second-order valence-corrected chi connectivity index (χ2v) is 8.74. The molecule has 1 aromatic carbocycles. The Morgan fingerprint density at radius 1 is 1.15 bits per heavy atom. The summed E-state index contributed by atoms with van der Waals surface area (Å²) in [6, 6.07) is 7.77. The maximum absolute atomic E-state index is 12.8. The maximum Gasteiger partial charge on any atom is 0.241 e. The zero-order chi connectivity index (χ0) is 18.5. The van der Waals surface area contributed by atoms with Crippen molar-refractivity contribution >= 4 is 21.2 Å². The van der Waals surface area contributed by atoms with Crippen LogP contribution >= 0.6 is 0 Å². The first-order valence-corrected chi connectivity index (χ1v) is 10.2. The molecule has 0 saturated heterocycles. The number of aryl methyl sites for hydroxylation is 3. The molecule has 0 unspecified atom stereocenters. The van der Waals surface area contributed by atoms with Gasteiger partial charge in [-0.3, -0.25) is 0 Å². The number of sulfonamides is 1. The molecule has 3 aromatic rings. The highest BCUT2D eigenvalue weighted by atomic mass is 32.2. The molecule has 2 aromatic heterocycles. The molecule has 1 fully saturated rings. The van der Waals surface area contributed by atoms with Gasteiger partial charge in [-0.25, -0.2) is 23.1 Å². The Balaban J connectivity index is 1.66. The van der Waals surface area contributed by atoms with Crippen LogP contribution in [0.15, 0.2) is 35.4 Å². The van der Waals surface area contributed by atoms with E-state index in [1.54, 1.807) is 12.3 Å². The first-order chi connectivity index (χ1) is 12.4. The monoisotopic (exact) mass is 370 g/mol. The van der Waals surface area contributed by atoms with Crippen LogP contribution in [-0.4, -0.2) is 23.0 Å². The third-order valence-electron chi connectivity index (χ3n) is 4.93. The van der Waals surface area contributed by atoms with E-state index in [9.17, 15) is 8.42 Å². The molecule has 0 aliphatic heterocycles. The number of fused-ring (bicyclic) bond motifs is 1. The van der Waals surface area contributed by atoms with Gasteiger partial charge in [-0.1, -0.05) is 6.07 Å². The number of benzene rings is 1. The van der Waals surface area contributed by atoms with Crippen molar-refractivity contribution in [2.75, 3.05) is 0 Å². The summed E-state index contributed by atoms with van der Waals surface area (Å²) < 4.78 is 30.5. The number of rotatable bonds is 5. The molecule has 4 rings (SSSR count). The molecule has 0 amide bonds. The largest absolute Gasteiger partial charge is 0.308 e. The molecule has 1 aliphatic rings. The summed E-state index contributed by atoms with van der Waals surface area (Å²) in [5.74, 6) is 0.714. The lowest BCUT2D eigenvalue weighted by Gasteiger charge is -2.12. The SMILES string of the molecule is Cc1cc(C)c(S(=O)(=O)NCc2nc3cccnc3n2C2CC2)cc1C. The molecule has 136 valence electrons. The first-order valence-electron chi connectivity index (χ1n) is 8.76. The van der Waals surface area contributed by atoms with Crippen molar-refractivity contribution < 1.29 is 8.42 Å². The van der Waals surface area contributed by atoms with Crippen molar-refractivity contribution in [2.24, 2.45) is 0 Å². The van der Waals surface area contributed by atoms with Crippen molar-refractivity contribution in [3.63, 3.8) is 0 Å². The minimum Gasteiger partial charge on any atom is -0.308 e. The summed E-state index contributed by atoms with van der Waals surface area (Å²) >= 11 is 0. The van der Waals surface area contributed by atoms with E-state index in [1.165, 1.54) is 0 Å². The van der Waals surface area contributed by atoms with Gasteiger partial charge in [-0.15, -0.1) is 0 Å². The molecular formula is C19H22N4O2S. The van der Waals surface area contributed by atoms with Crippen LogP contribution in [0, 0.1) is 20.8 Å². The number of nitrogens with zero attached hydrogens (tertiary/aromatic N) is 3. The minimum absolute atomic E-state index is 0.154. The molecule has 26 heavy (non-hydrogen) atoms. The molecule has 0 radical (unpaired) electrons. The van der Waals surface area contributed by atoms with Gasteiger partial charge in [-0.05, 0) is 68.5 Å². The number of pyridine rings is 1. The number of aromatic nitrogens is 3. The predicted octanol–water partition coefficient (Wildman–Crippen LogP) is 3.17. The molecule has 7 heteroatoms. The highest BCUT2D eigenvalue weighted by Gasteiger charge is 2.29. The molecule has 1 aliphatic carbocycles. The van der Waals surface area contributed by atoms with Crippen LogP contribution in [0.25, 0.3) is 11.2 Å². The molecule has 1 N–H and O–H groups in total. The van der Waals surface area contributed by atoms with Crippen molar-refractivity contribution in [3.05, 3.63) is 53.0 Å². The average Bonchev–Trinajstić information content (AvgIpc) is 3.36. The fraction of sp³-hybridized carbons (Fsp3) is 0.368. The molecule has 6 nitrogen and oxygen atoms in total. The van der Waals surface area contributed by atoms with E-state index in [0.717, 1.165) is 40.7 Å². The highest BCUT2D eigenvalue weighted by Crippen LogP contribution is 2.38. The topological polar surface area (TPSA) is 76.9 Å². The van der Waals surface area contributed by atoms with Crippen LogP contribution in [-0.2, 0) is 16.6 Å². The van der Waals surface area contributed by atoms with E-state index in [1.807, 2.05) is 39.0 Å². The lowest BCUT2D eigenvalue weighted by Crippen LogP contribution is -2.26. The molecule has 0 atom stereocenters. The van der Waals surface area contributed by atoms with Crippen molar-refractivity contribution in [2.45, 2.75) is 51.1 Å². The zero-order valence-electron chi connectivity index (χ0n) is 15.2. The van der Waals surface area contributed by atoms with Gasteiger partial charge in [0.15, 0.2) is 5.65 Å². The quantitative estimate of drug-likeness (QED) is 0.748. The fourth-order valence-corrected chi connectivity index (χ4v) is 4.57. The molecule has 2 heterocycles. The van der Waals surface area contributed by atoms with Crippen molar-refractivity contribution in [1.29, 1.82) is 0 Å². The van der Waals surface area contributed by atoms with Gasteiger partial charge in [-0.2, -0.15) is 0 Å². The number of imidazole rings is 1. The highest BCUT2D eigenvalue weighted by molar-refractivity contribution is 7.89. The third-order valence-corrected chi connectivity index (χ3v) is 6.48. The Kier molecular flexibility index (Phi) is 4.08. The van der Waals surface area contributed by atoms with Gasteiger partial charge >= 0.3 is 0 Å². The van der Waals surface area contributed by atoms with Crippen LogP contribution in [0.5, 0.6) is 0 Å². The lowest BCUT2D eigenvalue weighted by molar-refractivity contribution is 0.574. The standard InChI is InChI=1S/C19H22N4O2S/c1-12-9-14(3)17(10-13(12)2)26(24,25)21-11-18-22-16-5-4-8-20-19(16)23(18)15-6-7-15/h4-5,8-10,15,21H,6-7,11H2,1-3H3. The summed E-state index contributed by atoms with van der Waals surface area (Å²) in [5.41, 5.74) is 4.42. The van der Waals surface area contributed by atoms with Gasteiger partial charge in [0.2, 0.25) is 10.0 Å². The van der Waals surface area contributed by atoms with Crippen molar-refractivity contribution in [1.82, 2.24) is 19.3 Å². The Morgan fingerprint density at radius 2 is 1.88 bits per heavy atom. The van der Waals surface area contributed by atoms with Gasteiger partial charge < -0.3 is 4.57 Å². The lowest BCUT2D eigenvalue weighted by atomic mass is 10.1. The summed E-state index contributed by atoms with van der Waals surface area (Å²) in [4.78, 5) is 9.35. The Hall–Kier alpha value is -2.25. The van der Waals surface area contributed by atoms with Crippen LogP contribution in [0.4, 0.5) is 0 Å². The summed E-state index contributed by atoms with van der Waals surface area (Å²) in [5, 5.41) is 0. The molecule has 0 bridgehead atoms. The second kappa shape index (κ2) is 6.17.